The van der Waals surface area contributed by atoms with Gasteiger partial charge in [-0.05, 0) is 40.2 Å². The highest BCUT2D eigenvalue weighted by Crippen LogP contribution is 2.26. The molecule has 134 valence electrons. The minimum absolute atomic E-state index is 0.0115. The number of benzene rings is 1. The van der Waals surface area contributed by atoms with E-state index in [-0.39, 0.29) is 33.2 Å². The van der Waals surface area contributed by atoms with Gasteiger partial charge >= 0.3 is 5.97 Å². The normalized spacial score (nSPS) is 11.5. The van der Waals surface area contributed by atoms with E-state index in [0.717, 1.165) is 10.4 Å². The Balaban J connectivity index is 2.10. The van der Waals surface area contributed by atoms with Crippen LogP contribution >= 0.6 is 15.9 Å². The minimum Gasteiger partial charge on any atom is -0.454 e. The number of sulfonamides is 1. The first-order valence-corrected chi connectivity index (χ1v) is 8.98. The van der Waals surface area contributed by atoms with Gasteiger partial charge in [-0.1, -0.05) is 0 Å². The van der Waals surface area contributed by atoms with Crippen LogP contribution in [0.1, 0.15) is 16.1 Å². The van der Waals surface area contributed by atoms with Gasteiger partial charge in [0, 0.05) is 20.2 Å². The van der Waals surface area contributed by atoms with E-state index in [9.17, 15) is 23.3 Å². The van der Waals surface area contributed by atoms with Crippen LogP contribution in [0, 0.1) is 10.1 Å². The Morgan fingerprint density at radius 3 is 2.60 bits per heavy atom. The largest absolute Gasteiger partial charge is 0.454 e. The van der Waals surface area contributed by atoms with Crippen LogP contribution in [0.5, 0.6) is 0 Å². The van der Waals surface area contributed by atoms with E-state index in [1.54, 1.807) is 0 Å². The highest BCUT2D eigenvalue weighted by atomic mass is 79.9. The summed E-state index contributed by atoms with van der Waals surface area (Å²) in [7, 11) is -1.00. The van der Waals surface area contributed by atoms with E-state index in [0.29, 0.717) is 0 Å². The lowest BCUT2D eigenvalue weighted by Crippen LogP contribution is -2.21. The molecular formula is C14H13BrN2O7S. The number of nitro benzene ring substituents is 1. The highest BCUT2D eigenvalue weighted by molar-refractivity contribution is 9.10. The summed E-state index contributed by atoms with van der Waals surface area (Å²) < 4.78 is 35.2. The number of rotatable bonds is 6. The van der Waals surface area contributed by atoms with E-state index >= 15 is 0 Å². The van der Waals surface area contributed by atoms with Crippen molar-refractivity contribution >= 4 is 37.6 Å². The van der Waals surface area contributed by atoms with Crippen LogP contribution in [0.15, 0.2) is 44.3 Å². The maximum absolute atomic E-state index is 12.0. The average molecular weight is 433 g/mol. The third-order valence-electron chi connectivity index (χ3n) is 3.10. The van der Waals surface area contributed by atoms with Gasteiger partial charge in [-0.15, -0.1) is 0 Å². The fourth-order valence-electron chi connectivity index (χ4n) is 1.75. The van der Waals surface area contributed by atoms with Gasteiger partial charge in [0.1, 0.15) is 12.4 Å². The Hall–Kier alpha value is -2.24. The Labute approximate surface area is 151 Å². The maximum atomic E-state index is 12.0. The fraction of sp³-hybridized carbons (Fsp3) is 0.214. The third kappa shape index (κ3) is 4.24. The van der Waals surface area contributed by atoms with Crippen LogP contribution in [-0.4, -0.2) is 37.7 Å². The summed E-state index contributed by atoms with van der Waals surface area (Å²) in [5, 5.41) is 10.6. The molecule has 1 aromatic carbocycles. The molecule has 0 radical (unpaired) electrons. The zero-order valence-electron chi connectivity index (χ0n) is 13.1. The number of furan rings is 1. The van der Waals surface area contributed by atoms with Gasteiger partial charge in [0.25, 0.3) is 15.7 Å². The Morgan fingerprint density at radius 2 is 2.00 bits per heavy atom. The molecule has 0 unspecified atom stereocenters. The van der Waals surface area contributed by atoms with Crippen molar-refractivity contribution in [2.24, 2.45) is 0 Å². The standard InChI is InChI=1S/C14H13BrN2O7S/c1-16(2)25(21,22)13-6-4-10(24-13)8-23-14(18)9-3-5-11(15)12(7-9)17(19)20/h3-7H,8H2,1-2H3. The molecular weight excluding hydrogens is 420 g/mol. The van der Waals surface area contributed by atoms with Crippen LogP contribution in [0.3, 0.4) is 0 Å². The quantitative estimate of drug-likeness (QED) is 0.390. The monoisotopic (exact) mass is 432 g/mol. The molecule has 0 aliphatic carbocycles. The lowest BCUT2D eigenvalue weighted by atomic mass is 10.2. The molecule has 1 aromatic heterocycles. The molecule has 0 spiro atoms. The first-order valence-electron chi connectivity index (χ1n) is 6.75. The van der Waals surface area contributed by atoms with Crippen molar-refractivity contribution in [3.63, 3.8) is 0 Å². The van der Waals surface area contributed by atoms with Gasteiger partial charge in [0.2, 0.25) is 5.09 Å². The van der Waals surface area contributed by atoms with Crippen molar-refractivity contribution in [3.8, 4) is 0 Å². The molecule has 2 aromatic rings. The second-order valence-electron chi connectivity index (χ2n) is 5.01. The van der Waals surface area contributed by atoms with Crippen LogP contribution in [0.4, 0.5) is 5.69 Å². The van der Waals surface area contributed by atoms with Crippen molar-refractivity contribution in [2.75, 3.05) is 14.1 Å². The topological polar surface area (TPSA) is 120 Å². The zero-order chi connectivity index (χ0) is 18.8. The molecule has 0 bridgehead atoms. The van der Waals surface area contributed by atoms with Crippen LogP contribution in [-0.2, 0) is 21.4 Å². The molecule has 11 heteroatoms. The van der Waals surface area contributed by atoms with Crippen molar-refractivity contribution < 1.29 is 27.3 Å². The molecule has 1 heterocycles. The number of hydrogen-bond acceptors (Lipinski definition) is 7. The highest BCUT2D eigenvalue weighted by Gasteiger charge is 2.22. The number of carbonyl (C=O) groups excluding carboxylic acids is 1. The molecule has 0 aliphatic rings. The van der Waals surface area contributed by atoms with Gasteiger partial charge in [-0.3, -0.25) is 10.1 Å². The van der Waals surface area contributed by atoms with E-state index in [4.69, 9.17) is 9.15 Å². The van der Waals surface area contributed by atoms with Gasteiger partial charge < -0.3 is 9.15 Å². The van der Waals surface area contributed by atoms with E-state index in [1.165, 1.54) is 38.4 Å². The first kappa shape index (κ1) is 19.1. The molecule has 2 rings (SSSR count). The lowest BCUT2D eigenvalue weighted by Gasteiger charge is -2.08. The summed E-state index contributed by atoms with van der Waals surface area (Å²) >= 11 is 3.02. The molecule has 0 fully saturated rings. The first-order chi connectivity index (χ1) is 11.6. The average Bonchev–Trinajstić information content (AvgIpc) is 3.02. The van der Waals surface area contributed by atoms with Crippen molar-refractivity contribution in [1.82, 2.24) is 4.31 Å². The summed E-state index contributed by atoms with van der Waals surface area (Å²) in [6.45, 7) is -0.314. The van der Waals surface area contributed by atoms with Crippen molar-refractivity contribution in [1.29, 1.82) is 0 Å². The summed E-state index contributed by atoms with van der Waals surface area (Å²) in [4.78, 5) is 22.2. The minimum atomic E-state index is -3.72. The Morgan fingerprint density at radius 1 is 1.32 bits per heavy atom. The van der Waals surface area contributed by atoms with Gasteiger partial charge in [-0.2, -0.15) is 0 Å². The zero-order valence-corrected chi connectivity index (χ0v) is 15.5. The second kappa shape index (κ2) is 7.33. The number of esters is 1. The molecule has 25 heavy (non-hydrogen) atoms. The van der Waals surface area contributed by atoms with Crippen molar-refractivity contribution in [3.05, 3.63) is 56.2 Å². The second-order valence-corrected chi connectivity index (χ2v) is 7.94. The number of carbonyl (C=O) groups is 1. The van der Waals surface area contributed by atoms with Gasteiger partial charge in [0.05, 0.1) is 15.0 Å². The predicted octanol–water partition coefficient (Wildman–Crippen LogP) is 2.56. The molecule has 0 saturated carbocycles. The smallest absolute Gasteiger partial charge is 0.338 e. The molecule has 0 saturated heterocycles. The summed E-state index contributed by atoms with van der Waals surface area (Å²) in [5.41, 5.74) is -0.283. The number of hydrogen-bond donors (Lipinski definition) is 0. The molecule has 0 aliphatic heterocycles. The van der Waals surface area contributed by atoms with Gasteiger partial charge in [-0.25, -0.2) is 17.5 Å². The fourth-order valence-corrected chi connectivity index (χ4v) is 2.96. The van der Waals surface area contributed by atoms with Crippen LogP contribution in [0.2, 0.25) is 0 Å². The number of ether oxygens (including phenoxy) is 1. The summed E-state index contributed by atoms with van der Waals surface area (Å²) in [6, 6.07) is 6.43. The molecule has 0 atom stereocenters. The van der Waals surface area contributed by atoms with E-state index in [1.807, 2.05) is 0 Å². The van der Waals surface area contributed by atoms with Crippen LogP contribution in [0.25, 0.3) is 0 Å². The lowest BCUT2D eigenvalue weighted by molar-refractivity contribution is -0.385. The molecule has 0 amide bonds. The van der Waals surface area contributed by atoms with Crippen LogP contribution < -0.4 is 0 Å². The summed E-state index contributed by atoms with van der Waals surface area (Å²) in [6.07, 6.45) is 0. The third-order valence-corrected chi connectivity index (χ3v) is 5.46. The Bertz CT molecular complexity index is 921. The maximum Gasteiger partial charge on any atom is 0.338 e. The van der Waals surface area contributed by atoms with Crippen molar-refractivity contribution in [2.45, 2.75) is 11.7 Å². The number of nitro groups is 1. The predicted molar refractivity (Wildman–Crippen MR) is 89.5 cm³/mol. The van der Waals surface area contributed by atoms with Gasteiger partial charge in [0.15, 0.2) is 0 Å². The SMILES string of the molecule is CN(C)S(=O)(=O)c1ccc(COC(=O)c2ccc(Br)c([N+](=O)[O-])c2)o1. The van der Waals surface area contributed by atoms with E-state index < -0.39 is 20.9 Å². The molecule has 9 nitrogen and oxygen atoms in total. The summed E-state index contributed by atoms with van der Waals surface area (Å²) in [5.74, 6) is -0.676. The Kier molecular flexibility index (Phi) is 5.60. The number of halogens is 1. The number of nitrogens with zero attached hydrogens (tertiary/aromatic N) is 2. The molecule has 0 N–H and O–H groups in total. The van der Waals surface area contributed by atoms with E-state index in [2.05, 4.69) is 15.9 Å².